The van der Waals surface area contributed by atoms with Crippen LogP contribution >= 0.6 is 11.3 Å². The molecule has 96 valence electrons. The Morgan fingerprint density at radius 1 is 1.11 bits per heavy atom. The fraction of sp³-hybridized carbons (Fsp3) is 0.188. The molecule has 0 aliphatic heterocycles. The molecule has 2 aromatic heterocycles. The van der Waals surface area contributed by atoms with Crippen LogP contribution in [-0.2, 0) is 0 Å². The van der Waals surface area contributed by atoms with E-state index in [0.29, 0.717) is 0 Å². The Morgan fingerprint density at radius 3 is 2.53 bits per heavy atom. The van der Waals surface area contributed by atoms with Crippen LogP contribution in [-0.4, -0.2) is 11.3 Å². The quantitative estimate of drug-likeness (QED) is 0.676. The molecule has 2 nitrogen and oxygen atoms in total. The van der Waals surface area contributed by atoms with Gasteiger partial charge in [0.15, 0.2) is 6.29 Å². The number of hydrogen-bond donors (Lipinski definition) is 1. The summed E-state index contributed by atoms with van der Waals surface area (Å²) < 4.78 is 0. The van der Waals surface area contributed by atoms with Gasteiger partial charge in [-0.1, -0.05) is 12.1 Å². The van der Waals surface area contributed by atoms with Gasteiger partial charge in [0.2, 0.25) is 0 Å². The van der Waals surface area contributed by atoms with Crippen molar-refractivity contribution in [3.05, 3.63) is 45.8 Å². The van der Waals surface area contributed by atoms with E-state index in [0.717, 1.165) is 33.3 Å². The first-order valence-corrected chi connectivity index (χ1v) is 7.07. The molecule has 0 bridgehead atoms. The van der Waals surface area contributed by atoms with Crippen molar-refractivity contribution in [1.29, 1.82) is 0 Å². The Bertz CT molecular complexity index is 779. The molecule has 0 fully saturated rings. The summed E-state index contributed by atoms with van der Waals surface area (Å²) in [7, 11) is 0. The van der Waals surface area contributed by atoms with Crippen molar-refractivity contribution in [1.82, 2.24) is 4.98 Å². The number of aryl methyl sites for hydroxylation is 3. The predicted molar refractivity (Wildman–Crippen MR) is 81.2 cm³/mol. The summed E-state index contributed by atoms with van der Waals surface area (Å²) in [6.45, 7) is 6.25. The SMILES string of the molecule is Cc1ccc(-c2[nH]c3c(C)c(C)ccc3c2C=O)s1. The number of rotatable bonds is 2. The Labute approximate surface area is 116 Å². The van der Waals surface area contributed by atoms with Crippen molar-refractivity contribution in [3.63, 3.8) is 0 Å². The lowest BCUT2D eigenvalue weighted by Gasteiger charge is -2.00. The second kappa shape index (κ2) is 4.35. The van der Waals surface area contributed by atoms with E-state index in [-0.39, 0.29) is 0 Å². The predicted octanol–water partition coefficient (Wildman–Crippen LogP) is 4.63. The molecular formula is C16H15NOS. The van der Waals surface area contributed by atoms with Crippen molar-refractivity contribution in [2.24, 2.45) is 0 Å². The second-order valence-corrected chi connectivity index (χ2v) is 6.16. The zero-order chi connectivity index (χ0) is 13.6. The second-order valence-electron chi connectivity index (χ2n) is 4.87. The number of carbonyl (C=O) groups excluding carboxylic acids is 1. The molecule has 0 unspecified atom stereocenters. The summed E-state index contributed by atoms with van der Waals surface area (Å²) in [6, 6.07) is 8.25. The van der Waals surface area contributed by atoms with Crippen LogP contribution in [0.5, 0.6) is 0 Å². The number of hydrogen-bond acceptors (Lipinski definition) is 2. The first-order valence-electron chi connectivity index (χ1n) is 6.25. The maximum atomic E-state index is 11.5. The van der Waals surface area contributed by atoms with Crippen molar-refractivity contribution >= 4 is 28.5 Å². The number of thiophene rings is 1. The first-order chi connectivity index (χ1) is 9.11. The zero-order valence-corrected chi connectivity index (χ0v) is 12.0. The Kier molecular flexibility index (Phi) is 2.79. The van der Waals surface area contributed by atoms with E-state index in [2.05, 4.69) is 44.0 Å². The van der Waals surface area contributed by atoms with E-state index < -0.39 is 0 Å². The average Bonchev–Trinajstić information content (AvgIpc) is 2.97. The van der Waals surface area contributed by atoms with Crippen LogP contribution < -0.4 is 0 Å². The summed E-state index contributed by atoms with van der Waals surface area (Å²) in [5, 5.41) is 1.01. The highest BCUT2D eigenvalue weighted by Crippen LogP contribution is 2.35. The fourth-order valence-corrected chi connectivity index (χ4v) is 3.30. The molecule has 3 aromatic rings. The van der Waals surface area contributed by atoms with E-state index in [1.165, 1.54) is 16.0 Å². The van der Waals surface area contributed by atoms with Gasteiger partial charge in [0.05, 0.1) is 10.6 Å². The number of aromatic nitrogens is 1. The van der Waals surface area contributed by atoms with Crippen LogP contribution in [0.15, 0.2) is 24.3 Å². The lowest BCUT2D eigenvalue weighted by molar-refractivity contribution is 0.112. The zero-order valence-electron chi connectivity index (χ0n) is 11.2. The van der Waals surface area contributed by atoms with Gasteiger partial charge in [-0.05, 0) is 44.0 Å². The Balaban J connectivity index is 2.37. The van der Waals surface area contributed by atoms with Crippen LogP contribution in [0, 0.1) is 20.8 Å². The number of benzene rings is 1. The molecule has 3 heteroatoms. The maximum Gasteiger partial charge on any atom is 0.152 e. The molecule has 2 heterocycles. The number of aromatic amines is 1. The first kappa shape index (κ1) is 12.2. The van der Waals surface area contributed by atoms with E-state index >= 15 is 0 Å². The van der Waals surface area contributed by atoms with Crippen LogP contribution in [0.2, 0.25) is 0 Å². The third-order valence-electron chi connectivity index (χ3n) is 3.65. The molecule has 0 spiro atoms. The topological polar surface area (TPSA) is 32.9 Å². The summed E-state index contributed by atoms with van der Waals surface area (Å²) in [5.41, 5.74) is 5.22. The van der Waals surface area contributed by atoms with Crippen molar-refractivity contribution in [2.45, 2.75) is 20.8 Å². The van der Waals surface area contributed by atoms with Gasteiger partial charge < -0.3 is 4.98 Å². The van der Waals surface area contributed by atoms with Gasteiger partial charge in [-0.25, -0.2) is 0 Å². The smallest absolute Gasteiger partial charge is 0.152 e. The maximum absolute atomic E-state index is 11.5. The standard InChI is InChI=1S/C16H15NOS/c1-9-4-6-12-13(8-18)16(17-15(12)11(9)3)14-7-5-10(2)19-14/h4-8,17H,1-3H3. The number of H-pyrrole nitrogens is 1. The Morgan fingerprint density at radius 2 is 1.89 bits per heavy atom. The lowest BCUT2D eigenvalue weighted by atomic mass is 10.0. The van der Waals surface area contributed by atoms with Crippen LogP contribution in [0.1, 0.15) is 26.4 Å². The van der Waals surface area contributed by atoms with E-state index in [1.54, 1.807) is 11.3 Å². The molecular weight excluding hydrogens is 254 g/mol. The van der Waals surface area contributed by atoms with Crippen molar-refractivity contribution < 1.29 is 4.79 Å². The van der Waals surface area contributed by atoms with Crippen LogP contribution in [0.25, 0.3) is 21.5 Å². The number of carbonyl (C=O) groups is 1. The van der Waals surface area contributed by atoms with Gasteiger partial charge in [-0.3, -0.25) is 4.79 Å². The minimum absolute atomic E-state index is 0.764. The fourth-order valence-electron chi connectivity index (χ4n) is 2.41. The minimum Gasteiger partial charge on any atom is -0.353 e. The number of nitrogens with one attached hydrogen (secondary N) is 1. The molecule has 0 aliphatic rings. The minimum atomic E-state index is 0.764. The summed E-state index contributed by atoms with van der Waals surface area (Å²) in [6.07, 6.45) is 0.956. The van der Waals surface area contributed by atoms with Gasteiger partial charge in [0.1, 0.15) is 0 Å². The van der Waals surface area contributed by atoms with E-state index in [9.17, 15) is 4.79 Å². The lowest BCUT2D eigenvalue weighted by Crippen LogP contribution is -1.82. The highest BCUT2D eigenvalue weighted by Gasteiger charge is 2.15. The largest absolute Gasteiger partial charge is 0.353 e. The highest BCUT2D eigenvalue weighted by molar-refractivity contribution is 7.15. The van der Waals surface area contributed by atoms with Crippen LogP contribution in [0.3, 0.4) is 0 Å². The normalized spacial score (nSPS) is 11.1. The molecule has 0 saturated heterocycles. The summed E-state index contributed by atoms with van der Waals surface area (Å²) >= 11 is 1.71. The molecule has 3 rings (SSSR count). The van der Waals surface area contributed by atoms with Crippen molar-refractivity contribution in [2.75, 3.05) is 0 Å². The number of aldehydes is 1. The van der Waals surface area contributed by atoms with Crippen molar-refractivity contribution in [3.8, 4) is 10.6 Å². The van der Waals surface area contributed by atoms with Gasteiger partial charge in [-0.2, -0.15) is 0 Å². The molecule has 0 radical (unpaired) electrons. The van der Waals surface area contributed by atoms with Gasteiger partial charge in [-0.15, -0.1) is 11.3 Å². The monoisotopic (exact) mass is 269 g/mol. The Hall–Kier alpha value is -1.87. The molecule has 0 amide bonds. The van der Waals surface area contributed by atoms with E-state index in [4.69, 9.17) is 0 Å². The van der Waals surface area contributed by atoms with E-state index in [1.807, 2.05) is 6.07 Å². The number of fused-ring (bicyclic) bond motifs is 1. The molecule has 0 saturated carbocycles. The van der Waals surface area contributed by atoms with Gasteiger partial charge >= 0.3 is 0 Å². The van der Waals surface area contributed by atoms with Gasteiger partial charge in [0, 0.05) is 21.3 Å². The highest BCUT2D eigenvalue weighted by atomic mass is 32.1. The molecule has 19 heavy (non-hydrogen) atoms. The summed E-state index contributed by atoms with van der Waals surface area (Å²) in [4.78, 5) is 17.3. The molecule has 1 aromatic carbocycles. The third-order valence-corrected chi connectivity index (χ3v) is 4.67. The average molecular weight is 269 g/mol. The summed E-state index contributed by atoms with van der Waals surface area (Å²) in [5.74, 6) is 0. The molecule has 0 atom stereocenters. The third kappa shape index (κ3) is 1.81. The van der Waals surface area contributed by atoms with Gasteiger partial charge in [0.25, 0.3) is 0 Å². The molecule has 0 aliphatic carbocycles. The van der Waals surface area contributed by atoms with Crippen LogP contribution in [0.4, 0.5) is 0 Å². The molecule has 1 N–H and O–H groups in total.